The van der Waals surface area contributed by atoms with Crippen LogP contribution in [-0.4, -0.2) is 25.6 Å². The maximum absolute atomic E-state index is 14.2. The first-order valence-electron chi connectivity index (χ1n) is 7.63. The number of hydrogen-bond donors (Lipinski definition) is 1. The number of pyridine rings is 1. The Balaban J connectivity index is 2.32. The van der Waals surface area contributed by atoms with E-state index >= 15 is 0 Å². The molecule has 0 aliphatic carbocycles. The van der Waals surface area contributed by atoms with E-state index in [1.54, 1.807) is 4.72 Å². The molecule has 0 atom stereocenters. The van der Waals surface area contributed by atoms with E-state index in [0.29, 0.717) is 29.1 Å². The zero-order chi connectivity index (χ0) is 20.6. The van der Waals surface area contributed by atoms with E-state index in [-0.39, 0.29) is 11.2 Å². The van der Waals surface area contributed by atoms with Crippen molar-refractivity contribution < 1.29 is 26.7 Å². The number of carbonyl (C=O) groups is 1. The van der Waals surface area contributed by atoms with Crippen molar-refractivity contribution in [3.05, 3.63) is 52.3 Å². The second kappa shape index (κ2) is 7.40. The van der Waals surface area contributed by atoms with Gasteiger partial charge in [0.05, 0.1) is 28.7 Å². The molecule has 2 rings (SSSR count). The number of hydrogen-bond acceptors (Lipinski definition) is 5. The summed E-state index contributed by atoms with van der Waals surface area (Å²) in [6.07, 6.45) is 2.03. The molecule has 1 N–H and O–H groups in total. The molecular formula is C17H17ClF2N2O4S. The van der Waals surface area contributed by atoms with Crippen LogP contribution < -0.4 is 9.46 Å². The predicted octanol–water partition coefficient (Wildman–Crippen LogP) is 3.79. The van der Waals surface area contributed by atoms with Crippen LogP contribution in [0.5, 0.6) is 11.5 Å². The normalized spacial score (nSPS) is 12.0. The molecule has 0 saturated carbocycles. The van der Waals surface area contributed by atoms with Crippen molar-refractivity contribution in [1.82, 2.24) is 9.71 Å². The second-order valence-electron chi connectivity index (χ2n) is 6.82. The zero-order valence-corrected chi connectivity index (χ0v) is 16.5. The number of benzene rings is 1. The predicted molar refractivity (Wildman–Crippen MR) is 96.7 cm³/mol. The summed E-state index contributed by atoms with van der Waals surface area (Å²) in [6, 6.07) is 2.60. The van der Waals surface area contributed by atoms with Gasteiger partial charge in [0, 0.05) is 17.5 Å². The minimum Gasteiger partial charge on any atom is -0.452 e. The third-order valence-electron chi connectivity index (χ3n) is 3.30. The molecular weight excluding hydrogens is 402 g/mol. The Morgan fingerprint density at radius 1 is 1.19 bits per heavy atom. The summed E-state index contributed by atoms with van der Waals surface area (Å²) in [5, 5.41) is 0.296. The summed E-state index contributed by atoms with van der Waals surface area (Å²) >= 11 is 6.16. The van der Waals surface area contributed by atoms with Gasteiger partial charge in [0.1, 0.15) is 11.6 Å². The van der Waals surface area contributed by atoms with E-state index in [1.807, 2.05) is 20.8 Å². The summed E-state index contributed by atoms with van der Waals surface area (Å²) in [5.74, 6) is -3.95. The van der Waals surface area contributed by atoms with Crippen LogP contribution in [0.1, 0.15) is 36.8 Å². The molecule has 146 valence electrons. The number of rotatable bonds is 4. The lowest BCUT2D eigenvalue weighted by atomic mass is 9.91. The van der Waals surface area contributed by atoms with Crippen LogP contribution >= 0.6 is 11.6 Å². The van der Waals surface area contributed by atoms with E-state index in [4.69, 9.17) is 16.3 Å². The van der Waals surface area contributed by atoms with E-state index < -0.39 is 38.9 Å². The van der Waals surface area contributed by atoms with Gasteiger partial charge in [0.2, 0.25) is 10.0 Å². The fraction of sp³-hybridized carbons (Fsp3) is 0.294. The maximum Gasteiger partial charge on any atom is 0.267 e. The molecule has 1 heterocycles. The summed E-state index contributed by atoms with van der Waals surface area (Å²) in [4.78, 5) is 15.9. The van der Waals surface area contributed by atoms with E-state index in [1.165, 1.54) is 12.3 Å². The summed E-state index contributed by atoms with van der Waals surface area (Å²) in [6.45, 7) is 5.74. The monoisotopic (exact) mass is 418 g/mol. The summed E-state index contributed by atoms with van der Waals surface area (Å²) in [7, 11) is -3.92. The van der Waals surface area contributed by atoms with Crippen molar-refractivity contribution in [2.24, 2.45) is 0 Å². The number of ether oxygens (including phenoxy) is 1. The summed E-state index contributed by atoms with van der Waals surface area (Å²) < 4.78 is 57.3. The number of carbonyl (C=O) groups excluding carboxylic acids is 1. The SMILES string of the molecule is CC(C)(C)c1ncc(Oc2cc(F)c(C(=O)NS(C)(=O)=O)cc2F)cc1Cl. The fourth-order valence-corrected chi connectivity index (χ4v) is 3.05. The average molecular weight is 419 g/mol. The van der Waals surface area contributed by atoms with Crippen LogP contribution in [-0.2, 0) is 15.4 Å². The highest BCUT2D eigenvalue weighted by Gasteiger charge is 2.22. The Kier molecular flexibility index (Phi) is 5.77. The Morgan fingerprint density at radius 3 is 2.33 bits per heavy atom. The highest BCUT2D eigenvalue weighted by Crippen LogP contribution is 2.32. The van der Waals surface area contributed by atoms with Crippen LogP contribution in [0, 0.1) is 11.6 Å². The number of aromatic nitrogens is 1. The maximum atomic E-state index is 14.2. The molecule has 1 aromatic heterocycles. The Labute approximate surface area is 160 Å². The Hall–Kier alpha value is -2.26. The number of nitrogens with zero attached hydrogens (tertiary/aromatic N) is 1. The molecule has 1 aromatic carbocycles. The molecule has 0 unspecified atom stereocenters. The molecule has 0 bridgehead atoms. The van der Waals surface area contributed by atoms with Crippen molar-refractivity contribution in [1.29, 1.82) is 0 Å². The lowest BCUT2D eigenvalue weighted by molar-refractivity contribution is 0.0977. The van der Waals surface area contributed by atoms with Crippen LogP contribution in [0.4, 0.5) is 8.78 Å². The molecule has 27 heavy (non-hydrogen) atoms. The molecule has 6 nitrogen and oxygen atoms in total. The van der Waals surface area contributed by atoms with Crippen molar-refractivity contribution in [3.8, 4) is 11.5 Å². The zero-order valence-electron chi connectivity index (χ0n) is 14.9. The number of halogens is 3. The standard InChI is InChI=1S/C17H17ClF2N2O4S/c1-17(2,3)15-11(18)5-9(8-21-15)26-14-7-12(19)10(6-13(14)20)16(23)22-27(4,24)25/h5-8H,1-4H3,(H,22,23). The van der Waals surface area contributed by atoms with Gasteiger partial charge in [-0.25, -0.2) is 21.9 Å². The van der Waals surface area contributed by atoms with Gasteiger partial charge in [-0.2, -0.15) is 0 Å². The third kappa shape index (κ3) is 5.36. The van der Waals surface area contributed by atoms with Gasteiger partial charge in [-0.15, -0.1) is 0 Å². The van der Waals surface area contributed by atoms with Crippen molar-refractivity contribution in [2.45, 2.75) is 26.2 Å². The molecule has 0 aliphatic rings. The fourth-order valence-electron chi connectivity index (χ4n) is 2.16. The minimum atomic E-state index is -3.92. The van der Waals surface area contributed by atoms with Crippen LogP contribution in [0.25, 0.3) is 0 Å². The highest BCUT2D eigenvalue weighted by molar-refractivity contribution is 7.89. The topological polar surface area (TPSA) is 85.4 Å². The molecule has 10 heteroatoms. The van der Waals surface area contributed by atoms with Gasteiger partial charge in [-0.05, 0) is 6.07 Å². The largest absolute Gasteiger partial charge is 0.452 e. The highest BCUT2D eigenvalue weighted by atomic mass is 35.5. The van der Waals surface area contributed by atoms with Gasteiger partial charge in [-0.3, -0.25) is 9.78 Å². The van der Waals surface area contributed by atoms with E-state index in [9.17, 15) is 22.0 Å². The molecule has 0 aliphatic heterocycles. The second-order valence-corrected chi connectivity index (χ2v) is 8.97. The van der Waals surface area contributed by atoms with Crippen LogP contribution in [0.3, 0.4) is 0 Å². The molecule has 0 radical (unpaired) electrons. The number of amides is 1. The first-order valence-corrected chi connectivity index (χ1v) is 9.90. The van der Waals surface area contributed by atoms with Gasteiger partial charge < -0.3 is 4.74 Å². The smallest absolute Gasteiger partial charge is 0.267 e. The van der Waals surface area contributed by atoms with Crippen molar-refractivity contribution in [2.75, 3.05) is 6.26 Å². The lowest BCUT2D eigenvalue weighted by Crippen LogP contribution is -2.30. The number of nitrogens with one attached hydrogen (secondary N) is 1. The van der Waals surface area contributed by atoms with Gasteiger partial charge in [0.15, 0.2) is 11.6 Å². The number of sulfonamides is 1. The first kappa shape index (κ1) is 21.0. The molecule has 2 aromatic rings. The van der Waals surface area contributed by atoms with Gasteiger partial charge in [-0.1, -0.05) is 32.4 Å². The Bertz CT molecular complexity index is 1000. The molecule has 0 spiro atoms. The van der Waals surface area contributed by atoms with Crippen molar-refractivity contribution in [3.63, 3.8) is 0 Å². The Morgan fingerprint density at radius 2 is 1.81 bits per heavy atom. The summed E-state index contributed by atoms with van der Waals surface area (Å²) in [5.41, 5.74) is -0.484. The molecule has 0 saturated heterocycles. The first-order chi connectivity index (χ1) is 12.3. The average Bonchev–Trinajstić information content (AvgIpc) is 2.47. The van der Waals surface area contributed by atoms with Crippen LogP contribution in [0.15, 0.2) is 24.4 Å². The van der Waals surface area contributed by atoms with E-state index in [0.717, 1.165) is 0 Å². The quantitative estimate of drug-likeness (QED) is 0.816. The minimum absolute atomic E-state index is 0.0691. The van der Waals surface area contributed by atoms with Crippen LogP contribution in [0.2, 0.25) is 5.02 Å². The third-order valence-corrected chi connectivity index (χ3v) is 4.14. The van der Waals surface area contributed by atoms with Gasteiger partial charge in [0.25, 0.3) is 5.91 Å². The van der Waals surface area contributed by atoms with Crippen molar-refractivity contribution >= 4 is 27.5 Å². The lowest BCUT2D eigenvalue weighted by Gasteiger charge is -2.19. The van der Waals surface area contributed by atoms with Gasteiger partial charge >= 0.3 is 0 Å². The van der Waals surface area contributed by atoms with E-state index in [2.05, 4.69) is 4.98 Å². The molecule has 1 amide bonds. The molecule has 0 fully saturated rings.